The van der Waals surface area contributed by atoms with Crippen molar-refractivity contribution < 1.29 is 22.4 Å². The molecule has 2 amide bonds. The second-order valence-corrected chi connectivity index (χ2v) is 11.3. The first kappa shape index (κ1) is 28.8. The van der Waals surface area contributed by atoms with Crippen molar-refractivity contribution in [1.29, 1.82) is 0 Å². The molecule has 0 radical (unpaired) electrons. The number of sulfonamides is 1. The van der Waals surface area contributed by atoms with Gasteiger partial charge < -0.3 is 10.2 Å². The molecule has 0 fully saturated rings. The van der Waals surface area contributed by atoms with Gasteiger partial charge in [-0.1, -0.05) is 55.0 Å². The van der Waals surface area contributed by atoms with Crippen LogP contribution in [0.25, 0.3) is 0 Å². The summed E-state index contributed by atoms with van der Waals surface area (Å²) in [7, 11) is -4.18. The summed E-state index contributed by atoms with van der Waals surface area (Å²) in [6.45, 7) is 6.95. The maximum atomic E-state index is 13.9. The predicted molar refractivity (Wildman–Crippen MR) is 146 cm³/mol. The average molecular weight is 540 g/mol. The van der Waals surface area contributed by atoms with Crippen molar-refractivity contribution in [2.24, 2.45) is 0 Å². The topological polar surface area (TPSA) is 86.8 Å². The van der Waals surface area contributed by atoms with Crippen LogP contribution in [0.3, 0.4) is 0 Å². The van der Waals surface area contributed by atoms with Crippen LogP contribution in [0.1, 0.15) is 38.3 Å². The lowest BCUT2D eigenvalue weighted by atomic mass is 10.1. The van der Waals surface area contributed by atoms with E-state index in [1.807, 2.05) is 45.0 Å². The highest BCUT2D eigenvalue weighted by atomic mass is 32.2. The van der Waals surface area contributed by atoms with Gasteiger partial charge in [-0.05, 0) is 69.2 Å². The van der Waals surface area contributed by atoms with E-state index in [2.05, 4.69) is 5.32 Å². The highest BCUT2D eigenvalue weighted by Crippen LogP contribution is 2.25. The predicted octanol–water partition coefficient (Wildman–Crippen LogP) is 4.66. The molecule has 0 heterocycles. The van der Waals surface area contributed by atoms with Gasteiger partial charge in [-0.15, -0.1) is 0 Å². The monoisotopic (exact) mass is 539 g/mol. The second kappa shape index (κ2) is 12.7. The van der Waals surface area contributed by atoms with Gasteiger partial charge in [0.2, 0.25) is 11.8 Å². The number of aryl methyl sites for hydroxylation is 1. The van der Waals surface area contributed by atoms with E-state index in [1.54, 1.807) is 25.1 Å². The third-order valence-corrected chi connectivity index (χ3v) is 7.77. The van der Waals surface area contributed by atoms with Crippen molar-refractivity contribution in [3.05, 3.63) is 95.8 Å². The number of hydrogen-bond donors (Lipinski definition) is 1. The highest BCUT2D eigenvalue weighted by molar-refractivity contribution is 7.92. The summed E-state index contributed by atoms with van der Waals surface area (Å²) in [6, 6.07) is 19.3. The van der Waals surface area contributed by atoms with E-state index in [-0.39, 0.29) is 29.1 Å². The molecule has 3 rings (SSSR count). The Morgan fingerprint density at radius 1 is 0.947 bits per heavy atom. The van der Waals surface area contributed by atoms with Crippen LogP contribution < -0.4 is 9.62 Å². The number of nitrogens with zero attached hydrogens (tertiary/aromatic N) is 2. The number of carbonyl (C=O) groups is 2. The van der Waals surface area contributed by atoms with Gasteiger partial charge in [0.15, 0.2) is 0 Å². The molecule has 0 saturated carbocycles. The molecule has 0 aliphatic carbocycles. The molecule has 0 aromatic heterocycles. The summed E-state index contributed by atoms with van der Waals surface area (Å²) >= 11 is 0. The number of benzene rings is 3. The van der Waals surface area contributed by atoms with Crippen molar-refractivity contribution in [3.8, 4) is 0 Å². The van der Waals surface area contributed by atoms with Crippen LogP contribution in [-0.2, 0) is 26.2 Å². The molecular formula is C29H34FN3O4S. The van der Waals surface area contributed by atoms with Crippen molar-refractivity contribution >= 4 is 27.5 Å². The summed E-state index contributed by atoms with van der Waals surface area (Å²) in [5.74, 6) is -1.40. The Morgan fingerprint density at radius 2 is 1.61 bits per heavy atom. The van der Waals surface area contributed by atoms with Crippen LogP contribution in [0.4, 0.5) is 10.1 Å². The number of nitrogens with one attached hydrogen (secondary N) is 1. The van der Waals surface area contributed by atoms with E-state index < -0.39 is 34.3 Å². The van der Waals surface area contributed by atoms with Gasteiger partial charge in [0.05, 0.1) is 10.6 Å². The molecule has 0 saturated heterocycles. The number of rotatable bonds is 11. The standard InChI is InChI=1S/C29H34FN3O4S/c1-5-27(29(35)31-21(2)3)32(19-23-11-9-10-22(4)18-23)28(34)20-33(25-16-14-24(30)15-17-25)38(36,37)26-12-7-6-8-13-26/h6-18,21,27H,5,19-20H2,1-4H3,(H,31,35). The molecule has 1 atom stereocenters. The van der Waals surface area contributed by atoms with Crippen molar-refractivity contribution in [2.45, 2.75) is 57.6 Å². The maximum Gasteiger partial charge on any atom is 0.264 e. The first-order valence-electron chi connectivity index (χ1n) is 12.5. The normalized spacial score (nSPS) is 12.2. The molecule has 1 N–H and O–H groups in total. The van der Waals surface area contributed by atoms with E-state index in [0.29, 0.717) is 6.42 Å². The molecule has 3 aromatic carbocycles. The van der Waals surface area contributed by atoms with Gasteiger partial charge in [-0.3, -0.25) is 13.9 Å². The van der Waals surface area contributed by atoms with Gasteiger partial charge in [0.25, 0.3) is 10.0 Å². The molecule has 9 heteroatoms. The molecule has 7 nitrogen and oxygen atoms in total. The number of hydrogen-bond acceptors (Lipinski definition) is 4. The molecule has 0 aliphatic rings. The fourth-order valence-electron chi connectivity index (χ4n) is 4.16. The molecule has 0 bridgehead atoms. The van der Waals surface area contributed by atoms with Crippen LogP contribution in [0.15, 0.2) is 83.8 Å². The molecule has 202 valence electrons. The van der Waals surface area contributed by atoms with Crippen LogP contribution >= 0.6 is 0 Å². The number of carbonyl (C=O) groups excluding carboxylic acids is 2. The van der Waals surface area contributed by atoms with Crippen molar-refractivity contribution in [3.63, 3.8) is 0 Å². The number of anilines is 1. The van der Waals surface area contributed by atoms with Gasteiger partial charge in [0, 0.05) is 12.6 Å². The van der Waals surface area contributed by atoms with Gasteiger partial charge in [0.1, 0.15) is 18.4 Å². The van der Waals surface area contributed by atoms with Gasteiger partial charge in [-0.2, -0.15) is 0 Å². The summed E-state index contributed by atoms with van der Waals surface area (Å²) in [5.41, 5.74) is 1.95. The van der Waals surface area contributed by atoms with Crippen molar-refractivity contribution in [1.82, 2.24) is 10.2 Å². The molecule has 3 aromatic rings. The van der Waals surface area contributed by atoms with E-state index in [0.717, 1.165) is 27.6 Å². The fraction of sp³-hybridized carbons (Fsp3) is 0.310. The maximum absolute atomic E-state index is 13.9. The van der Waals surface area contributed by atoms with Gasteiger partial charge in [-0.25, -0.2) is 12.8 Å². The van der Waals surface area contributed by atoms with Crippen LogP contribution in [0, 0.1) is 12.7 Å². The number of amides is 2. The zero-order chi connectivity index (χ0) is 27.9. The molecule has 0 spiro atoms. The Balaban J connectivity index is 2.05. The van der Waals surface area contributed by atoms with E-state index in [1.165, 1.54) is 29.2 Å². The first-order chi connectivity index (χ1) is 18.0. The zero-order valence-electron chi connectivity index (χ0n) is 22.1. The summed E-state index contributed by atoms with van der Waals surface area (Å²) < 4.78 is 42.0. The number of halogens is 1. The molecule has 38 heavy (non-hydrogen) atoms. The Kier molecular flexibility index (Phi) is 9.63. The lowest BCUT2D eigenvalue weighted by Gasteiger charge is -2.33. The Morgan fingerprint density at radius 3 is 2.18 bits per heavy atom. The largest absolute Gasteiger partial charge is 0.352 e. The second-order valence-electron chi connectivity index (χ2n) is 9.40. The first-order valence-corrected chi connectivity index (χ1v) is 14.0. The van der Waals surface area contributed by atoms with E-state index in [9.17, 15) is 22.4 Å². The van der Waals surface area contributed by atoms with Gasteiger partial charge >= 0.3 is 0 Å². The van der Waals surface area contributed by atoms with Crippen LogP contribution in [-0.4, -0.2) is 43.8 Å². The lowest BCUT2D eigenvalue weighted by molar-refractivity contribution is -0.140. The summed E-state index contributed by atoms with van der Waals surface area (Å²) in [5, 5.41) is 2.87. The molecule has 0 aliphatic heterocycles. The molecular weight excluding hydrogens is 505 g/mol. The highest BCUT2D eigenvalue weighted by Gasteiger charge is 2.33. The lowest BCUT2D eigenvalue weighted by Crippen LogP contribution is -2.53. The quantitative estimate of drug-likeness (QED) is 0.384. The average Bonchev–Trinajstić information content (AvgIpc) is 2.87. The fourth-order valence-corrected chi connectivity index (χ4v) is 5.60. The Labute approximate surface area is 224 Å². The summed E-state index contributed by atoms with van der Waals surface area (Å²) in [6.07, 6.45) is 0.331. The Bertz CT molecular complexity index is 1350. The minimum Gasteiger partial charge on any atom is -0.352 e. The summed E-state index contributed by atoms with van der Waals surface area (Å²) in [4.78, 5) is 28.5. The zero-order valence-corrected chi connectivity index (χ0v) is 22.9. The minimum atomic E-state index is -4.18. The van der Waals surface area contributed by atoms with E-state index in [4.69, 9.17) is 0 Å². The van der Waals surface area contributed by atoms with Crippen molar-refractivity contribution in [2.75, 3.05) is 10.8 Å². The minimum absolute atomic E-state index is 0.00745. The van der Waals surface area contributed by atoms with E-state index >= 15 is 0 Å². The molecule has 1 unspecified atom stereocenters. The Hall–Kier alpha value is -3.72. The third kappa shape index (κ3) is 7.19. The van der Waals surface area contributed by atoms with Crippen LogP contribution in [0.5, 0.6) is 0 Å². The smallest absolute Gasteiger partial charge is 0.264 e. The van der Waals surface area contributed by atoms with Crippen LogP contribution in [0.2, 0.25) is 0 Å². The third-order valence-electron chi connectivity index (χ3n) is 5.98. The SMILES string of the molecule is CCC(C(=O)NC(C)C)N(Cc1cccc(C)c1)C(=O)CN(c1ccc(F)cc1)S(=O)(=O)c1ccccc1.